The molecule has 0 radical (unpaired) electrons. The van der Waals surface area contributed by atoms with Crippen LogP contribution in [0.1, 0.15) is 106 Å². The molecule has 1 spiro atoms. The van der Waals surface area contributed by atoms with E-state index >= 15 is 0 Å². The van der Waals surface area contributed by atoms with Gasteiger partial charge in [-0.2, -0.15) is 0 Å². The number of carbonyl (C=O) groups excluding carboxylic acids is 7. The summed E-state index contributed by atoms with van der Waals surface area (Å²) in [6.07, 6.45) is 9.38. The quantitative estimate of drug-likeness (QED) is 0.0130. The van der Waals surface area contributed by atoms with Gasteiger partial charge >= 0.3 is 6.03 Å². The van der Waals surface area contributed by atoms with Crippen LogP contribution in [0.2, 0.25) is 0 Å². The summed E-state index contributed by atoms with van der Waals surface area (Å²) in [5, 5.41) is 19.9. The SMILES string of the molecule is C#CC.CCCC[C@@H](C(=O)N[C@@H](CCC(N)=O)C(=O)N[C@@H](CCCN=C(N)N)C(N)=O)N1[C@@]23O[C@]12C31N2C(=O)N1C2CC1C2=C1C2.CC[C@H](C)CNC(=O)[C@@H](NC(C)=O)[C@@H](C)O. The van der Waals surface area contributed by atoms with Gasteiger partial charge in [-0.05, 0) is 58.3 Å². The summed E-state index contributed by atoms with van der Waals surface area (Å²) < 4.78 is 5.95. The first kappa shape index (κ1) is 47.6. The Morgan fingerprint density at radius 3 is 2.00 bits per heavy atom. The number of aliphatic hydroxyl groups is 1. The van der Waals surface area contributed by atoms with Gasteiger partial charge in [0.15, 0.2) is 5.96 Å². The number of allylic oxidation sites excluding steroid dienone is 2. The molecule has 8 aliphatic rings. The van der Waals surface area contributed by atoms with E-state index < -0.39 is 71.0 Å². The number of ether oxygens (including phenoxy) is 1. The Bertz CT molecular complexity index is 1890. The highest BCUT2D eigenvalue weighted by molar-refractivity contribution is 6.00. The standard InChI is InChI=1S/C27H38N10O6.C11H22N2O3.C3H4/c1-2-3-6-17(37-26-25(27(26,37)43-26)35-19(36(25)24(35)42)11-14-12-10-13(12)14)22(41)34-16(7-8-18(28)38)21(40)33-15(20(29)39)5-4-9-32-23(30)31;1-5-7(2)6-12-11(16)10(8(3)14)13-9(4)15;1-3-2/h14-17,19H,2-11H2,1H3,(H2,28,38)(H2,29,39)(H,33,40)(H,34,41)(H4,30,31,32);7-8,10,14H,5-6H2,1-4H3,(H,12,16)(H,13,15);1H,2H3/t15-,16-,17-,19?,25?,26-,27-,37?;7-,8+,10-;/m00./s1. The van der Waals surface area contributed by atoms with Gasteiger partial charge in [-0.25, -0.2) is 9.69 Å². The molecule has 0 unspecified atom stereocenters. The molecule has 8 atom stereocenters. The van der Waals surface area contributed by atoms with Crippen LogP contribution in [0, 0.1) is 24.2 Å². The van der Waals surface area contributed by atoms with Crippen LogP contribution in [0.4, 0.5) is 4.79 Å². The summed E-state index contributed by atoms with van der Waals surface area (Å²) in [6.45, 7) is 11.3. The number of aliphatic imine (C=N–C) groups is 1. The second-order valence-corrected chi connectivity index (χ2v) is 17.1. The first-order valence-corrected chi connectivity index (χ1v) is 21.5. The monoisotopic (exact) mass is 868 g/mol. The molecule has 0 aromatic carbocycles. The Morgan fingerprint density at radius 1 is 0.935 bits per heavy atom. The Hall–Kier alpha value is -5.46. The van der Waals surface area contributed by atoms with Gasteiger partial charge in [0.25, 0.3) is 0 Å². The Labute approximate surface area is 361 Å². The van der Waals surface area contributed by atoms with E-state index in [-0.39, 0.29) is 55.8 Å². The molecule has 21 heteroatoms. The maximum absolute atomic E-state index is 13.7. The zero-order chi connectivity index (χ0) is 46.1. The zero-order valence-electron chi connectivity index (χ0n) is 36.5. The zero-order valence-corrected chi connectivity index (χ0v) is 36.5. The van der Waals surface area contributed by atoms with Crippen LogP contribution in [0.15, 0.2) is 16.1 Å². The van der Waals surface area contributed by atoms with Crippen LogP contribution in [0.5, 0.6) is 0 Å². The van der Waals surface area contributed by atoms with Crippen molar-refractivity contribution in [1.29, 1.82) is 0 Å². The van der Waals surface area contributed by atoms with E-state index in [1.54, 1.807) is 18.1 Å². The highest BCUT2D eigenvalue weighted by Crippen LogP contribution is 3.03. The molecule has 342 valence electrons. The topological polar surface area (TPSA) is 326 Å². The third-order valence-electron chi connectivity index (χ3n) is 12.6. The summed E-state index contributed by atoms with van der Waals surface area (Å²) in [7, 11) is 0. The van der Waals surface area contributed by atoms with Gasteiger partial charge in [0.1, 0.15) is 24.3 Å². The van der Waals surface area contributed by atoms with Gasteiger partial charge in [0, 0.05) is 32.4 Å². The number of hydrogen-bond acceptors (Lipinski definition) is 11. The highest BCUT2D eigenvalue weighted by Gasteiger charge is 3.33. The molecular formula is C41H64N12O9. The third kappa shape index (κ3) is 8.39. The van der Waals surface area contributed by atoms with E-state index in [2.05, 4.69) is 38.6 Å². The van der Waals surface area contributed by atoms with Crippen LogP contribution in [0.3, 0.4) is 0 Å². The number of unbranched alkanes of at least 4 members (excludes halogenated alkanes) is 1. The van der Waals surface area contributed by atoms with Crippen LogP contribution >= 0.6 is 0 Å². The van der Waals surface area contributed by atoms with Crippen LogP contribution < -0.4 is 44.2 Å². The number of rotatable bonds is 24. The van der Waals surface area contributed by atoms with Crippen molar-refractivity contribution < 1.29 is 43.4 Å². The number of nitrogens with zero attached hydrogens (tertiary/aromatic N) is 4. The Balaban J connectivity index is 0.000000323. The van der Waals surface area contributed by atoms with E-state index in [0.717, 1.165) is 32.1 Å². The second-order valence-electron chi connectivity index (χ2n) is 17.1. The number of primary amides is 2. The number of urea groups is 1. The minimum atomic E-state index is -1.13. The van der Waals surface area contributed by atoms with Crippen molar-refractivity contribution in [2.45, 2.75) is 159 Å². The van der Waals surface area contributed by atoms with E-state index in [9.17, 15) is 38.7 Å². The Morgan fingerprint density at radius 2 is 1.55 bits per heavy atom. The molecule has 5 aliphatic heterocycles. The molecule has 3 aliphatic carbocycles. The predicted molar refractivity (Wildman–Crippen MR) is 225 cm³/mol. The summed E-state index contributed by atoms with van der Waals surface area (Å²) in [5.41, 5.74) is 22.8. The van der Waals surface area contributed by atoms with Gasteiger partial charge in [-0.1, -0.05) is 51.2 Å². The summed E-state index contributed by atoms with van der Waals surface area (Å²) in [5.74, 6) is 0.0237. The molecule has 2 bridgehead atoms. The van der Waals surface area contributed by atoms with E-state index in [1.165, 1.54) is 13.8 Å². The summed E-state index contributed by atoms with van der Waals surface area (Å²) >= 11 is 0. The fourth-order valence-corrected chi connectivity index (χ4v) is 8.83. The van der Waals surface area contributed by atoms with E-state index in [0.29, 0.717) is 31.2 Å². The number of aliphatic hydroxyl groups excluding tert-OH is 1. The van der Waals surface area contributed by atoms with Gasteiger partial charge < -0.3 is 54.0 Å². The molecule has 0 aromatic heterocycles. The first-order chi connectivity index (χ1) is 29.3. The number of likely N-dealkylation sites (tertiary alicyclic amines) is 1. The van der Waals surface area contributed by atoms with Crippen molar-refractivity contribution in [2.75, 3.05) is 13.1 Å². The van der Waals surface area contributed by atoms with Crippen molar-refractivity contribution >= 4 is 47.4 Å². The lowest BCUT2D eigenvalue weighted by atomic mass is 9.87. The number of nitrogens with one attached hydrogen (secondary N) is 4. The molecule has 8 rings (SSSR count). The van der Waals surface area contributed by atoms with Crippen molar-refractivity contribution in [3.63, 3.8) is 0 Å². The second kappa shape index (κ2) is 18.5. The average Bonchev–Trinajstić information content (AvgIpc) is 3.99. The lowest BCUT2D eigenvalue weighted by Crippen LogP contribution is -2.99. The number of nitrogens with two attached hydrogens (primary N) is 4. The maximum Gasteiger partial charge on any atom is 0.327 e. The van der Waals surface area contributed by atoms with Gasteiger partial charge in [0.05, 0.1) is 12.1 Å². The molecular weight excluding hydrogens is 805 g/mol. The molecule has 5 saturated heterocycles. The molecule has 5 heterocycles. The smallest absolute Gasteiger partial charge is 0.327 e. The van der Waals surface area contributed by atoms with Crippen LogP contribution in [0.25, 0.3) is 0 Å². The lowest BCUT2D eigenvalue weighted by molar-refractivity contribution is -0.379. The first-order valence-electron chi connectivity index (χ1n) is 21.5. The summed E-state index contributed by atoms with van der Waals surface area (Å²) in [4.78, 5) is 95.3. The normalized spacial score (nSPS) is 28.1. The number of carbonyl (C=O) groups is 7. The minimum Gasteiger partial charge on any atom is -0.391 e. The molecule has 8 amide bonds. The van der Waals surface area contributed by atoms with Gasteiger partial charge in [-0.15, -0.1) is 12.3 Å². The average molecular weight is 869 g/mol. The molecule has 6 fully saturated rings. The van der Waals surface area contributed by atoms with Crippen molar-refractivity contribution in [3.05, 3.63) is 11.1 Å². The number of hydrogen-bond donors (Lipinski definition) is 9. The van der Waals surface area contributed by atoms with Crippen molar-refractivity contribution in [2.24, 2.45) is 39.8 Å². The molecule has 62 heavy (non-hydrogen) atoms. The highest BCUT2D eigenvalue weighted by atomic mass is 16.8. The third-order valence-corrected chi connectivity index (χ3v) is 12.6. The fraction of sp³-hybridized carbons (Fsp3) is 0.707. The lowest BCUT2D eigenvalue weighted by Gasteiger charge is -2.76. The summed E-state index contributed by atoms with van der Waals surface area (Å²) in [6, 6.07) is -3.60. The van der Waals surface area contributed by atoms with Gasteiger partial charge in [0.2, 0.25) is 52.6 Å². The molecule has 1 saturated carbocycles. The van der Waals surface area contributed by atoms with Crippen LogP contribution in [-0.4, -0.2) is 134 Å². The van der Waals surface area contributed by atoms with E-state index in [1.807, 2.05) is 35.5 Å². The van der Waals surface area contributed by atoms with Crippen LogP contribution in [-0.2, 0) is 33.5 Å². The van der Waals surface area contributed by atoms with Crippen molar-refractivity contribution in [1.82, 2.24) is 36.0 Å². The predicted octanol–water partition coefficient (Wildman–Crippen LogP) is -1.76. The number of amides is 8. The fourth-order valence-electron chi connectivity index (χ4n) is 8.83. The number of terminal acetylenes is 1. The molecule has 21 nitrogen and oxygen atoms in total. The van der Waals surface area contributed by atoms with Crippen molar-refractivity contribution in [3.8, 4) is 12.3 Å². The number of epoxide rings is 1. The largest absolute Gasteiger partial charge is 0.391 e. The maximum atomic E-state index is 13.7. The Kier molecular flexibility index (Phi) is 14.2. The minimum absolute atomic E-state index is 0.0172. The number of guanidine groups is 1. The molecule has 0 aromatic rings. The van der Waals surface area contributed by atoms with E-state index in [4.69, 9.17) is 27.7 Å². The molecule has 13 N–H and O–H groups in total. The van der Waals surface area contributed by atoms with Gasteiger partial charge in [-0.3, -0.25) is 43.6 Å².